The van der Waals surface area contributed by atoms with E-state index in [-0.39, 0.29) is 0 Å². The molecule has 0 aromatic heterocycles. The van der Waals surface area contributed by atoms with Gasteiger partial charge in [-0.1, -0.05) is 0 Å². The third-order valence-corrected chi connectivity index (χ3v) is 6.35. The van der Waals surface area contributed by atoms with Crippen LogP contribution in [0.15, 0.2) is 0 Å². The lowest BCUT2D eigenvalue weighted by atomic mass is 9.87. The van der Waals surface area contributed by atoms with E-state index in [1.165, 1.54) is 0 Å². The van der Waals surface area contributed by atoms with Gasteiger partial charge in [0.2, 0.25) is 0 Å². The summed E-state index contributed by atoms with van der Waals surface area (Å²) >= 11 is 35.4. The molecule has 0 aromatic carbocycles. The maximum absolute atomic E-state index is 10.8. The Morgan fingerprint density at radius 2 is 1.21 bits per heavy atom. The minimum absolute atomic E-state index is 0.470. The Balaban J connectivity index is 3.04. The van der Waals surface area contributed by atoms with E-state index in [0.717, 1.165) is 0 Å². The van der Waals surface area contributed by atoms with Crippen molar-refractivity contribution in [1.82, 2.24) is 0 Å². The van der Waals surface area contributed by atoms with E-state index in [2.05, 4.69) is 0 Å². The summed E-state index contributed by atoms with van der Waals surface area (Å²) in [6.45, 7) is 0. The number of carbonyl (C=O) groups is 1. The first-order valence-corrected chi connectivity index (χ1v) is 6.28. The predicted molar refractivity (Wildman–Crippen MR) is 62.9 cm³/mol. The molecule has 1 saturated carbocycles. The van der Waals surface area contributed by atoms with Gasteiger partial charge in [-0.2, -0.15) is 0 Å². The van der Waals surface area contributed by atoms with Crippen molar-refractivity contribution in [1.29, 1.82) is 0 Å². The summed E-state index contributed by atoms with van der Waals surface area (Å²) in [5.41, 5.74) is 0. The zero-order valence-corrected chi connectivity index (χ0v) is 11.2. The van der Waals surface area contributed by atoms with Crippen LogP contribution < -0.4 is 0 Å². The molecule has 0 radical (unpaired) electrons. The highest BCUT2D eigenvalue weighted by Gasteiger charge is 2.57. The number of aldehydes is 1. The van der Waals surface area contributed by atoms with Crippen molar-refractivity contribution in [2.45, 2.75) is 31.8 Å². The zero-order chi connectivity index (χ0) is 11.1. The summed E-state index contributed by atoms with van der Waals surface area (Å²) in [5.74, 6) is 0. The second kappa shape index (κ2) is 4.73. The minimum atomic E-state index is -1.46. The average molecular weight is 319 g/mol. The molecule has 0 heterocycles. The van der Waals surface area contributed by atoms with E-state index in [4.69, 9.17) is 69.6 Å². The third kappa shape index (κ3) is 1.97. The zero-order valence-electron chi connectivity index (χ0n) is 6.64. The molecule has 4 unspecified atom stereocenters. The number of hydrogen-bond acceptors (Lipinski definition) is 1. The Morgan fingerprint density at radius 3 is 1.50 bits per heavy atom. The van der Waals surface area contributed by atoms with E-state index in [1.807, 2.05) is 0 Å². The van der Waals surface area contributed by atoms with Crippen LogP contribution in [-0.4, -0.2) is 38.0 Å². The third-order valence-electron chi connectivity index (χ3n) is 2.19. The fraction of sp³-hybridized carbons (Fsp3) is 0.857. The quantitative estimate of drug-likeness (QED) is 0.536. The second-order valence-corrected chi connectivity index (χ2v) is 6.19. The standard InChI is InChI=1S/C7H6Cl6O/c8-2-3(9)5(11)7(13,1-14)6(12)4(2)10/h1-6H. The van der Waals surface area contributed by atoms with Gasteiger partial charge in [-0.15, -0.1) is 69.6 Å². The van der Waals surface area contributed by atoms with Gasteiger partial charge in [-0.3, -0.25) is 0 Å². The summed E-state index contributed by atoms with van der Waals surface area (Å²) in [5, 5.41) is -3.70. The number of rotatable bonds is 1. The van der Waals surface area contributed by atoms with E-state index in [0.29, 0.717) is 6.29 Å². The van der Waals surface area contributed by atoms with E-state index in [9.17, 15) is 4.79 Å². The van der Waals surface area contributed by atoms with Crippen LogP contribution in [0.5, 0.6) is 0 Å². The first-order chi connectivity index (χ1) is 6.36. The normalized spacial score (nSPS) is 54.3. The largest absolute Gasteiger partial charge is 0.301 e. The molecule has 14 heavy (non-hydrogen) atoms. The Kier molecular flexibility index (Phi) is 4.55. The van der Waals surface area contributed by atoms with Gasteiger partial charge in [-0.05, 0) is 0 Å². The molecule has 0 bridgehead atoms. The highest BCUT2D eigenvalue weighted by atomic mass is 35.5. The van der Waals surface area contributed by atoms with Crippen LogP contribution in [0, 0.1) is 0 Å². The molecule has 0 N–H and O–H groups in total. The maximum Gasteiger partial charge on any atom is 0.144 e. The van der Waals surface area contributed by atoms with E-state index in [1.54, 1.807) is 0 Å². The summed E-state index contributed by atoms with van der Waals surface area (Å²) in [4.78, 5) is 9.37. The summed E-state index contributed by atoms with van der Waals surface area (Å²) in [7, 11) is 0. The van der Waals surface area contributed by atoms with Crippen LogP contribution >= 0.6 is 69.6 Å². The summed E-state index contributed by atoms with van der Waals surface area (Å²) < 4.78 is 0. The van der Waals surface area contributed by atoms with Gasteiger partial charge in [0, 0.05) is 0 Å². The SMILES string of the molecule is O=CC1(Cl)C(Cl)C(Cl)C(Cl)C(Cl)C1Cl. The fourth-order valence-electron chi connectivity index (χ4n) is 1.27. The topological polar surface area (TPSA) is 17.1 Å². The summed E-state index contributed by atoms with van der Waals surface area (Å²) in [6.07, 6.45) is 0.470. The molecule has 1 nitrogen and oxygen atoms in total. The highest BCUT2D eigenvalue weighted by molar-refractivity contribution is 6.49. The maximum atomic E-state index is 10.8. The molecule has 1 aliphatic carbocycles. The Morgan fingerprint density at radius 1 is 0.857 bits per heavy atom. The molecular formula is C7H6Cl6O. The summed E-state index contributed by atoms with van der Waals surface area (Å²) in [6, 6.07) is 0. The minimum Gasteiger partial charge on any atom is -0.301 e. The van der Waals surface area contributed by atoms with Gasteiger partial charge in [0.25, 0.3) is 0 Å². The Hall–Kier alpha value is 1.41. The predicted octanol–water partition coefficient (Wildman–Crippen LogP) is 3.21. The second-order valence-electron chi connectivity index (χ2n) is 3.08. The first-order valence-electron chi connectivity index (χ1n) is 3.72. The van der Waals surface area contributed by atoms with Crippen LogP contribution in [0.25, 0.3) is 0 Å². The van der Waals surface area contributed by atoms with Gasteiger partial charge in [0.05, 0.1) is 26.9 Å². The number of hydrogen-bond donors (Lipinski definition) is 0. The van der Waals surface area contributed by atoms with Gasteiger partial charge < -0.3 is 4.79 Å². The van der Waals surface area contributed by atoms with Crippen LogP contribution in [0.1, 0.15) is 0 Å². The molecule has 1 aliphatic rings. The monoisotopic (exact) mass is 316 g/mol. The number of alkyl halides is 6. The van der Waals surface area contributed by atoms with Crippen molar-refractivity contribution in [2.24, 2.45) is 0 Å². The number of halogens is 6. The van der Waals surface area contributed by atoms with Crippen molar-refractivity contribution in [2.75, 3.05) is 0 Å². The van der Waals surface area contributed by atoms with Crippen LogP contribution in [0.3, 0.4) is 0 Å². The van der Waals surface area contributed by atoms with Crippen LogP contribution in [-0.2, 0) is 4.79 Å². The lowest BCUT2D eigenvalue weighted by molar-refractivity contribution is -0.110. The highest BCUT2D eigenvalue weighted by Crippen LogP contribution is 2.45. The van der Waals surface area contributed by atoms with Crippen molar-refractivity contribution in [3.8, 4) is 0 Å². The lowest BCUT2D eigenvalue weighted by Crippen LogP contribution is -2.61. The molecule has 82 valence electrons. The molecular weight excluding hydrogens is 313 g/mol. The number of carbonyl (C=O) groups excluding carboxylic acids is 1. The lowest BCUT2D eigenvalue weighted by Gasteiger charge is -2.43. The van der Waals surface area contributed by atoms with Gasteiger partial charge in [-0.25, -0.2) is 0 Å². The average Bonchev–Trinajstić information content (AvgIpc) is 2.21. The fourth-order valence-corrected chi connectivity index (χ4v) is 3.67. The van der Waals surface area contributed by atoms with Crippen molar-refractivity contribution >= 4 is 75.9 Å². The van der Waals surface area contributed by atoms with Gasteiger partial charge in [0.1, 0.15) is 11.2 Å². The molecule has 4 atom stereocenters. The molecule has 1 fully saturated rings. The molecule has 0 aromatic rings. The van der Waals surface area contributed by atoms with Crippen molar-refractivity contribution < 1.29 is 4.79 Å². The molecule has 0 amide bonds. The van der Waals surface area contributed by atoms with Crippen LogP contribution in [0.2, 0.25) is 0 Å². The van der Waals surface area contributed by atoms with E-state index < -0.39 is 31.8 Å². The molecule has 1 rings (SSSR count). The van der Waals surface area contributed by atoms with Crippen molar-refractivity contribution in [3.05, 3.63) is 0 Å². The molecule has 0 aliphatic heterocycles. The molecule has 0 spiro atoms. The molecule has 7 heteroatoms. The van der Waals surface area contributed by atoms with Gasteiger partial charge >= 0.3 is 0 Å². The van der Waals surface area contributed by atoms with Crippen molar-refractivity contribution in [3.63, 3.8) is 0 Å². The van der Waals surface area contributed by atoms with Crippen LogP contribution in [0.4, 0.5) is 0 Å². The molecule has 0 saturated heterocycles. The Labute approximate surface area is 112 Å². The van der Waals surface area contributed by atoms with Gasteiger partial charge in [0.15, 0.2) is 0 Å². The smallest absolute Gasteiger partial charge is 0.144 e. The first kappa shape index (κ1) is 13.5. The Bertz CT molecular complexity index is 218. The van der Waals surface area contributed by atoms with E-state index >= 15 is 0 Å².